The Kier molecular flexibility index (Phi) is 5.03. The second kappa shape index (κ2) is 7.38. The molecule has 0 unspecified atom stereocenters. The van der Waals surface area contributed by atoms with Gasteiger partial charge in [0, 0.05) is 18.3 Å². The van der Waals surface area contributed by atoms with Gasteiger partial charge in [0.15, 0.2) is 6.10 Å². The summed E-state index contributed by atoms with van der Waals surface area (Å²) in [5, 5.41) is 5.60. The monoisotopic (exact) mass is 338 g/mol. The fourth-order valence-electron chi connectivity index (χ4n) is 2.97. The number of hydrogen-bond acceptors (Lipinski definition) is 3. The molecule has 0 spiro atoms. The van der Waals surface area contributed by atoms with Gasteiger partial charge in [0.2, 0.25) is 5.91 Å². The second-order valence-corrected chi connectivity index (χ2v) is 6.29. The van der Waals surface area contributed by atoms with E-state index in [1.54, 1.807) is 31.2 Å². The first-order valence-electron chi connectivity index (χ1n) is 8.48. The number of aryl methyl sites for hydroxylation is 2. The molecule has 0 fully saturated rings. The van der Waals surface area contributed by atoms with Crippen molar-refractivity contribution in [2.24, 2.45) is 0 Å². The van der Waals surface area contributed by atoms with Crippen LogP contribution in [-0.4, -0.2) is 17.9 Å². The van der Waals surface area contributed by atoms with Crippen LogP contribution in [0.5, 0.6) is 5.75 Å². The van der Waals surface area contributed by atoms with Crippen LogP contribution in [0.15, 0.2) is 42.5 Å². The average molecular weight is 338 g/mol. The molecule has 130 valence electrons. The zero-order chi connectivity index (χ0) is 17.8. The SMILES string of the molecule is CC(=O)Nc1ccc(O[C@@H](C)C(=O)Nc2ccc3c(c2)CCC3)cc1. The summed E-state index contributed by atoms with van der Waals surface area (Å²) in [6.07, 6.45) is 2.75. The van der Waals surface area contributed by atoms with Gasteiger partial charge in [-0.2, -0.15) is 0 Å². The molecular formula is C20H22N2O3. The van der Waals surface area contributed by atoms with Crippen LogP contribution in [0.3, 0.4) is 0 Å². The number of anilines is 2. The van der Waals surface area contributed by atoms with E-state index in [0.717, 1.165) is 18.5 Å². The molecule has 2 aromatic rings. The molecular weight excluding hydrogens is 316 g/mol. The molecule has 0 bridgehead atoms. The first-order chi connectivity index (χ1) is 12.0. The molecule has 25 heavy (non-hydrogen) atoms. The molecule has 1 aliphatic rings. The van der Waals surface area contributed by atoms with E-state index >= 15 is 0 Å². The molecule has 5 heteroatoms. The second-order valence-electron chi connectivity index (χ2n) is 6.29. The number of hydrogen-bond donors (Lipinski definition) is 2. The molecule has 2 N–H and O–H groups in total. The minimum atomic E-state index is -0.625. The molecule has 0 aliphatic heterocycles. The van der Waals surface area contributed by atoms with Crippen LogP contribution >= 0.6 is 0 Å². The molecule has 2 aromatic carbocycles. The zero-order valence-corrected chi connectivity index (χ0v) is 14.5. The third-order valence-corrected chi connectivity index (χ3v) is 4.22. The lowest BCUT2D eigenvalue weighted by atomic mass is 10.1. The summed E-state index contributed by atoms with van der Waals surface area (Å²) in [5.74, 6) is 0.255. The third-order valence-electron chi connectivity index (χ3n) is 4.22. The fraction of sp³-hybridized carbons (Fsp3) is 0.300. The Morgan fingerprint density at radius 3 is 2.36 bits per heavy atom. The topological polar surface area (TPSA) is 67.4 Å². The van der Waals surface area contributed by atoms with E-state index in [1.807, 2.05) is 6.07 Å². The van der Waals surface area contributed by atoms with E-state index in [4.69, 9.17) is 4.74 Å². The van der Waals surface area contributed by atoms with Crippen LogP contribution < -0.4 is 15.4 Å². The summed E-state index contributed by atoms with van der Waals surface area (Å²) >= 11 is 0. The first kappa shape index (κ1) is 17.0. The Hall–Kier alpha value is -2.82. The van der Waals surface area contributed by atoms with E-state index in [0.29, 0.717) is 11.4 Å². The van der Waals surface area contributed by atoms with Crippen LogP contribution in [0.4, 0.5) is 11.4 Å². The van der Waals surface area contributed by atoms with Crippen molar-refractivity contribution in [2.45, 2.75) is 39.2 Å². The number of fused-ring (bicyclic) bond motifs is 1. The molecule has 1 aliphatic carbocycles. The van der Waals surface area contributed by atoms with Crippen LogP contribution in [0.25, 0.3) is 0 Å². The molecule has 0 radical (unpaired) electrons. The number of carbonyl (C=O) groups is 2. The molecule has 0 saturated carbocycles. The third kappa shape index (κ3) is 4.38. The number of ether oxygens (including phenoxy) is 1. The van der Waals surface area contributed by atoms with Gasteiger partial charge in [-0.3, -0.25) is 9.59 Å². The lowest BCUT2D eigenvalue weighted by Crippen LogP contribution is -2.30. The molecule has 1 atom stereocenters. The van der Waals surface area contributed by atoms with Gasteiger partial charge in [0.1, 0.15) is 5.75 Å². The summed E-state index contributed by atoms with van der Waals surface area (Å²) in [5.41, 5.74) is 4.19. The fourth-order valence-corrected chi connectivity index (χ4v) is 2.97. The molecule has 2 amide bonds. The van der Waals surface area contributed by atoms with E-state index in [9.17, 15) is 9.59 Å². The summed E-state index contributed by atoms with van der Waals surface area (Å²) in [6, 6.07) is 13.0. The number of nitrogens with one attached hydrogen (secondary N) is 2. The molecule has 0 saturated heterocycles. The van der Waals surface area contributed by atoms with Gasteiger partial charge in [0.05, 0.1) is 0 Å². The van der Waals surface area contributed by atoms with Crippen molar-refractivity contribution in [1.29, 1.82) is 0 Å². The van der Waals surface area contributed by atoms with Gasteiger partial charge in [-0.1, -0.05) is 6.07 Å². The van der Waals surface area contributed by atoms with Crippen molar-refractivity contribution >= 4 is 23.2 Å². The average Bonchev–Trinajstić information content (AvgIpc) is 3.03. The van der Waals surface area contributed by atoms with Crippen molar-refractivity contribution in [3.05, 3.63) is 53.6 Å². The molecule has 0 heterocycles. The normalized spacial score (nSPS) is 13.7. The summed E-state index contributed by atoms with van der Waals surface area (Å²) in [6.45, 7) is 3.17. The number of rotatable bonds is 5. The van der Waals surface area contributed by atoms with E-state index in [1.165, 1.54) is 24.5 Å². The highest BCUT2D eigenvalue weighted by Crippen LogP contribution is 2.25. The maximum Gasteiger partial charge on any atom is 0.265 e. The standard InChI is InChI=1S/C20H22N2O3/c1-13(25-19-10-8-17(9-11-19)21-14(2)23)20(24)22-18-7-6-15-4-3-5-16(15)12-18/h6-13H,3-5H2,1-2H3,(H,21,23)(H,22,24)/t13-/m0/s1. The Morgan fingerprint density at radius 2 is 1.64 bits per heavy atom. The molecule has 0 aromatic heterocycles. The molecule has 5 nitrogen and oxygen atoms in total. The Morgan fingerprint density at radius 1 is 0.960 bits per heavy atom. The van der Waals surface area contributed by atoms with Gasteiger partial charge in [-0.15, -0.1) is 0 Å². The smallest absolute Gasteiger partial charge is 0.265 e. The first-order valence-corrected chi connectivity index (χ1v) is 8.48. The van der Waals surface area contributed by atoms with Crippen molar-refractivity contribution in [2.75, 3.05) is 10.6 Å². The maximum absolute atomic E-state index is 12.3. The van der Waals surface area contributed by atoms with Gasteiger partial charge < -0.3 is 15.4 Å². The van der Waals surface area contributed by atoms with Crippen molar-refractivity contribution < 1.29 is 14.3 Å². The maximum atomic E-state index is 12.3. The Balaban J connectivity index is 1.58. The van der Waals surface area contributed by atoms with Crippen LogP contribution in [0.1, 0.15) is 31.4 Å². The predicted octanol–water partition coefficient (Wildman–Crippen LogP) is 3.54. The highest BCUT2D eigenvalue weighted by atomic mass is 16.5. The number of amides is 2. The van der Waals surface area contributed by atoms with E-state index in [2.05, 4.69) is 22.8 Å². The van der Waals surface area contributed by atoms with Crippen molar-refractivity contribution in [1.82, 2.24) is 0 Å². The van der Waals surface area contributed by atoms with Gasteiger partial charge >= 0.3 is 0 Å². The summed E-state index contributed by atoms with van der Waals surface area (Å²) in [7, 11) is 0. The summed E-state index contributed by atoms with van der Waals surface area (Å²) < 4.78 is 5.68. The van der Waals surface area contributed by atoms with Crippen LogP contribution in [-0.2, 0) is 22.4 Å². The highest BCUT2D eigenvalue weighted by molar-refractivity contribution is 5.94. The lowest BCUT2D eigenvalue weighted by Gasteiger charge is -2.15. The Bertz CT molecular complexity index is 784. The summed E-state index contributed by atoms with van der Waals surface area (Å²) in [4.78, 5) is 23.4. The molecule has 3 rings (SSSR count). The van der Waals surface area contributed by atoms with Gasteiger partial charge in [-0.25, -0.2) is 0 Å². The quantitative estimate of drug-likeness (QED) is 0.876. The lowest BCUT2D eigenvalue weighted by molar-refractivity contribution is -0.122. The van der Waals surface area contributed by atoms with Crippen LogP contribution in [0.2, 0.25) is 0 Å². The predicted molar refractivity (Wildman–Crippen MR) is 97.9 cm³/mol. The minimum Gasteiger partial charge on any atom is -0.481 e. The number of benzene rings is 2. The largest absolute Gasteiger partial charge is 0.481 e. The minimum absolute atomic E-state index is 0.129. The van der Waals surface area contributed by atoms with Crippen molar-refractivity contribution in [3.8, 4) is 5.75 Å². The van der Waals surface area contributed by atoms with Crippen molar-refractivity contribution in [3.63, 3.8) is 0 Å². The van der Waals surface area contributed by atoms with Crippen LogP contribution in [0, 0.1) is 0 Å². The van der Waals surface area contributed by atoms with Gasteiger partial charge in [0.25, 0.3) is 5.91 Å². The zero-order valence-electron chi connectivity index (χ0n) is 14.5. The van der Waals surface area contributed by atoms with Gasteiger partial charge in [-0.05, 0) is 73.7 Å². The van der Waals surface area contributed by atoms with E-state index in [-0.39, 0.29) is 11.8 Å². The Labute approximate surface area is 147 Å². The number of carbonyl (C=O) groups excluding carboxylic acids is 2. The highest BCUT2D eigenvalue weighted by Gasteiger charge is 2.17. The van der Waals surface area contributed by atoms with E-state index < -0.39 is 6.10 Å².